The number of aryl methyl sites for hydroxylation is 1. The van der Waals surface area contributed by atoms with Gasteiger partial charge in [-0.15, -0.1) is 0 Å². The standard InChI is InChI=1S/C20H23N5O3S2/c1-24-13-21-19-15(6-5-7-17(19)24)22-20(29)23-16-12-14(8-9-18(16)28-2)30(26,27)25-10-3-4-11-25/h5-9,12-13H,3-4,10-11H2,1-2H3,(H2,22,23,29). The lowest BCUT2D eigenvalue weighted by Gasteiger charge is -2.18. The summed E-state index contributed by atoms with van der Waals surface area (Å²) in [6.07, 6.45) is 3.50. The van der Waals surface area contributed by atoms with E-state index in [1.807, 2.05) is 29.8 Å². The number of hydrogen-bond acceptors (Lipinski definition) is 5. The summed E-state index contributed by atoms with van der Waals surface area (Å²) in [7, 11) is -0.0941. The summed E-state index contributed by atoms with van der Waals surface area (Å²) in [5.41, 5.74) is 2.99. The van der Waals surface area contributed by atoms with E-state index in [-0.39, 0.29) is 4.90 Å². The van der Waals surface area contributed by atoms with Gasteiger partial charge in [0.25, 0.3) is 0 Å². The molecule has 1 saturated heterocycles. The number of anilines is 2. The second-order valence-corrected chi connectivity index (χ2v) is 9.43. The number of nitrogens with one attached hydrogen (secondary N) is 2. The van der Waals surface area contributed by atoms with Crippen LogP contribution in [-0.2, 0) is 17.1 Å². The van der Waals surface area contributed by atoms with Crippen molar-refractivity contribution in [2.75, 3.05) is 30.8 Å². The fourth-order valence-corrected chi connectivity index (χ4v) is 5.32. The van der Waals surface area contributed by atoms with Crippen molar-refractivity contribution in [1.82, 2.24) is 13.9 Å². The normalized spacial score (nSPS) is 14.7. The quantitative estimate of drug-likeness (QED) is 0.583. The Labute approximate surface area is 180 Å². The number of thiocarbonyl (C=S) groups is 1. The number of rotatable bonds is 5. The monoisotopic (exact) mass is 445 g/mol. The van der Waals surface area contributed by atoms with Crippen LogP contribution in [0.5, 0.6) is 5.75 Å². The van der Waals surface area contributed by atoms with Crippen LogP contribution in [0.25, 0.3) is 11.0 Å². The molecule has 3 aromatic rings. The second kappa shape index (κ2) is 8.21. The average Bonchev–Trinajstić information content (AvgIpc) is 3.39. The van der Waals surface area contributed by atoms with Crippen LogP contribution >= 0.6 is 12.2 Å². The molecule has 10 heteroatoms. The molecule has 8 nitrogen and oxygen atoms in total. The molecular weight excluding hydrogens is 422 g/mol. The molecule has 4 rings (SSSR count). The Bertz CT molecular complexity index is 1200. The zero-order valence-corrected chi connectivity index (χ0v) is 18.4. The van der Waals surface area contributed by atoms with Gasteiger partial charge in [0.2, 0.25) is 10.0 Å². The molecule has 0 saturated carbocycles. The van der Waals surface area contributed by atoms with E-state index in [4.69, 9.17) is 17.0 Å². The van der Waals surface area contributed by atoms with E-state index in [0.717, 1.165) is 29.6 Å². The highest BCUT2D eigenvalue weighted by atomic mass is 32.2. The lowest BCUT2D eigenvalue weighted by atomic mass is 10.2. The van der Waals surface area contributed by atoms with Gasteiger partial charge in [-0.25, -0.2) is 13.4 Å². The molecule has 1 aliphatic heterocycles. The summed E-state index contributed by atoms with van der Waals surface area (Å²) >= 11 is 5.47. The van der Waals surface area contributed by atoms with Crippen molar-refractivity contribution in [3.63, 3.8) is 0 Å². The summed E-state index contributed by atoms with van der Waals surface area (Å²) < 4.78 is 34.6. The highest BCUT2D eigenvalue weighted by Crippen LogP contribution is 2.30. The summed E-state index contributed by atoms with van der Waals surface area (Å²) in [6, 6.07) is 10.5. The number of aromatic nitrogens is 2. The predicted molar refractivity (Wildman–Crippen MR) is 122 cm³/mol. The predicted octanol–water partition coefficient (Wildman–Crippen LogP) is 3.18. The van der Waals surface area contributed by atoms with E-state index in [0.29, 0.717) is 29.6 Å². The summed E-state index contributed by atoms with van der Waals surface area (Å²) in [4.78, 5) is 4.62. The van der Waals surface area contributed by atoms with Gasteiger partial charge in [-0.1, -0.05) is 6.07 Å². The van der Waals surface area contributed by atoms with Gasteiger partial charge in [0.1, 0.15) is 11.3 Å². The molecule has 0 atom stereocenters. The number of fused-ring (bicyclic) bond motifs is 1. The first-order chi connectivity index (χ1) is 14.4. The third-order valence-electron chi connectivity index (χ3n) is 5.12. The van der Waals surface area contributed by atoms with E-state index in [1.165, 1.54) is 11.4 Å². The molecule has 1 fully saturated rings. The molecule has 0 aliphatic carbocycles. The van der Waals surface area contributed by atoms with E-state index in [2.05, 4.69) is 15.6 Å². The van der Waals surface area contributed by atoms with Crippen LogP contribution in [0.15, 0.2) is 47.6 Å². The third-order valence-corrected chi connectivity index (χ3v) is 7.22. The molecule has 0 unspecified atom stereocenters. The van der Waals surface area contributed by atoms with Gasteiger partial charge in [-0.2, -0.15) is 4.31 Å². The maximum Gasteiger partial charge on any atom is 0.243 e. The van der Waals surface area contributed by atoms with Crippen LogP contribution in [0, 0.1) is 0 Å². The van der Waals surface area contributed by atoms with E-state index < -0.39 is 10.0 Å². The number of benzene rings is 2. The Kier molecular flexibility index (Phi) is 5.63. The highest BCUT2D eigenvalue weighted by Gasteiger charge is 2.28. The molecule has 30 heavy (non-hydrogen) atoms. The van der Waals surface area contributed by atoms with Gasteiger partial charge in [0.15, 0.2) is 5.11 Å². The minimum atomic E-state index is -3.55. The van der Waals surface area contributed by atoms with Crippen LogP contribution < -0.4 is 15.4 Å². The van der Waals surface area contributed by atoms with E-state index >= 15 is 0 Å². The fraction of sp³-hybridized carbons (Fsp3) is 0.300. The van der Waals surface area contributed by atoms with Crippen molar-refractivity contribution in [2.24, 2.45) is 7.05 Å². The van der Waals surface area contributed by atoms with Crippen LogP contribution in [0.1, 0.15) is 12.8 Å². The number of nitrogens with zero attached hydrogens (tertiary/aromatic N) is 3. The highest BCUT2D eigenvalue weighted by molar-refractivity contribution is 7.89. The average molecular weight is 446 g/mol. The molecule has 2 aromatic carbocycles. The molecular formula is C20H23N5O3S2. The Morgan fingerprint density at radius 3 is 2.60 bits per heavy atom. The van der Waals surface area contributed by atoms with Crippen molar-refractivity contribution in [1.29, 1.82) is 0 Å². The molecule has 0 amide bonds. The van der Waals surface area contributed by atoms with Gasteiger partial charge in [-0.05, 0) is 55.4 Å². The van der Waals surface area contributed by atoms with Crippen molar-refractivity contribution in [2.45, 2.75) is 17.7 Å². The van der Waals surface area contributed by atoms with Gasteiger partial charge in [0.05, 0.1) is 35.2 Å². The SMILES string of the molecule is COc1ccc(S(=O)(=O)N2CCCC2)cc1NC(=S)Nc1cccc2c1ncn2C. The minimum absolute atomic E-state index is 0.210. The number of hydrogen-bond donors (Lipinski definition) is 2. The van der Waals surface area contributed by atoms with Crippen molar-refractivity contribution in [3.05, 3.63) is 42.7 Å². The molecule has 0 radical (unpaired) electrons. The zero-order chi connectivity index (χ0) is 21.3. The van der Waals surface area contributed by atoms with Crippen molar-refractivity contribution < 1.29 is 13.2 Å². The Morgan fingerprint density at radius 2 is 1.87 bits per heavy atom. The van der Waals surface area contributed by atoms with Crippen LogP contribution in [0.3, 0.4) is 0 Å². The molecule has 2 heterocycles. The largest absolute Gasteiger partial charge is 0.495 e. The van der Waals surface area contributed by atoms with Crippen LogP contribution in [0.4, 0.5) is 11.4 Å². The molecule has 1 aromatic heterocycles. The summed E-state index contributed by atoms with van der Waals surface area (Å²) in [5, 5.41) is 6.51. The van der Waals surface area contributed by atoms with Gasteiger partial charge in [-0.3, -0.25) is 0 Å². The van der Waals surface area contributed by atoms with E-state index in [1.54, 1.807) is 24.5 Å². The number of para-hydroxylation sites is 1. The summed E-state index contributed by atoms with van der Waals surface area (Å²) in [6.45, 7) is 1.09. The number of imidazole rings is 1. The Balaban J connectivity index is 1.59. The Hall–Kier alpha value is -2.69. The van der Waals surface area contributed by atoms with Gasteiger partial charge >= 0.3 is 0 Å². The fourth-order valence-electron chi connectivity index (χ4n) is 3.56. The molecule has 0 spiro atoms. The first-order valence-electron chi connectivity index (χ1n) is 9.56. The van der Waals surface area contributed by atoms with Gasteiger partial charge < -0.3 is 19.9 Å². The number of sulfonamides is 1. The topological polar surface area (TPSA) is 88.5 Å². The first kappa shape index (κ1) is 20.6. The lowest BCUT2D eigenvalue weighted by molar-refractivity contribution is 0.416. The first-order valence-corrected chi connectivity index (χ1v) is 11.4. The van der Waals surface area contributed by atoms with Gasteiger partial charge in [0, 0.05) is 20.1 Å². The minimum Gasteiger partial charge on any atom is -0.495 e. The number of ether oxygens (including phenoxy) is 1. The van der Waals surface area contributed by atoms with Crippen LogP contribution in [0.2, 0.25) is 0 Å². The molecule has 0 bridgehead atoms. The number of methoxy groups -OCH3 is 1. The molecule has 2 N–H and O–H groups in total. The van der Waals surface area contributed by atoms with Crippen LogP contribution in [-0.4, -0.2) is 47.6 Å². The van der Waals surface area contributed by atoms with Crippen molar-refractivity contribution in [3.8, 4) is 5.75 Å². The smallest absolute Gasteiger partial charge is 0.243 e. The third kappa shape index (κ3) is 3.85. The Morgan fingerprint density at radius 1 is 1.13 bits per heavy atom. The maximum absolute atomic E-state index is 12.9. The molecule has 158 valence electrons. The molecule has 1 aliphatic rings. The second-order valence-electron chi connectivity index (χ2n) is 7.08. The zero-order valence-electron chi connectivity index (χ0n) is 16.8. The maximum atomic E-state index is 12.9. The van der Waals surface area contributed by atoms with E-state index in [9.17, 15) is 8.42 Å². The summed E-state index contributed by atoms with van der Waals surface area (Å²) in [5.74, 6) is 0.496. The van der Waals surface area contributed by atoms with Crippen molar-refractivity contribution >= 4 is 49.8 Å². The lowest BCUT2D eigenvalue weighted by Crippen LogP contribution is -2.28.